The molecule has 1 amide bonds. The Labute approximate surface area is 197 Å². The van der Waals surface area contributed by atoms with Crippen LogP contribution in [0.3, 0.4) is 0 Å². The largest absolute Gasteiger partial charge is 0.471 e. The first-order valence-electron chi connectivity index (χ1n) is 11.1. The third-order valence-corrected chi connectivity index (χ3v) is 8.06. The summed E-state index contributed by atoms with van der Waals surface area (Å²) in [4.78, 5) is 14.5. The number of fused-ring (bicyclic) bond motifs is 1. The van der Waals surface area contributed by atoms with Gasteiger partial charge in [-0.25, -0.2) is 8.42 Å². The molecule has 34 heavy (non-hydrogen) atoms. The van der Waals surface area contributed by atoms with E-state index in [1.54, 1.807) is 6.07 Å². The van der Waals surface area contributed by atoms with Crippen molar-refractivity contribution in [3.05, 3.63) is 71.3 Å². The van der Waals surface area contributed by atoms with Crippen molar-refractivity contribution in [2.75, 3.05) is 39.3 Å². The fourth-order valence-corrected chi connectivity index (χ4v) is 5.72. The molecule has 0 saturated carbocycles. The topological polar surface area (TPSA) is 60.9 Å². The molecule has 2 aromatic rings. The number of carbonyl (C=O) groups excluding carboxylic acids is 1. The van der Waals surface area contributed by atoms with Crippen LogP contribution < -0.4 is 0 Å². The monoisotopic (exact) mass is 493 g/mol. The second-order valence-corrected chi connectivity index (χ2v) is 10.4. The van der Waals surface area contributed by atoms with Gasteiger partial charge in [0.15, 0.2) is 0 Å². The van der Waals surface area contributed by atoms with Gasteiger partial charge in [0.2, 0.25) is 10.0 Å². The van der Waals surface area contributed by atoms with Crippen LogP contribution in [0, 0.1) is 0 Å². The summed E-state index contributed by atoms with van der Waals surface area (Å²) in [6, 6.07) is 14.5. The molecule has 0 atom stereocenters. The molecule has 0 N–H and O–H groups in total. The van der Waals surface area contributed by atoms with Crippen molar-refractivity contribution >= 4 is 22.0 Å². The highest BCUT2D eigenvalue weighted by atomic mass is 32.2. The molecular formula is C24H26F3N3O3S. The Hall–Kier alpha value is -2.69. The summed E-state index contributed by atoms with van der Waals surface area (Å²) in [6.45, 7) is 2.24. The van der Waals surface area contributed by atoms with Crippen LogP contribution in [-0.2, 0) is 27.8 Å². The third kappa shape index (κ3) is 5.51. The Balaban J connectivity index is 1.38. The SMILES string of the molecule is O=C(N1CCc2ccc(S(=O)(=O)N3CCN(C/C=C\c4ccccc4)CC3)cc2C1)C(F)(F)F. The molecule has 0 spiro atoms. The Morgan fingerprint density at radius 1 is 0.941 bits per heavy atom. The Morgan fingerprint density at radius 3 is 2.32 bits per heavy atom. The Bertz CT molecular complexity index is 1160. The summed E-state index contributed by atoms with van der Waals surface area (Å²) in [5.41, 5.74) is 2.31. The van der Waals surface area contributed by atoms with Gasteiger partial charge in [-0.2, -0.15) is 17.5 Å². The summed E-state index contributed by atoms with van der Waals surface area (Å²) < 4.78 is 66.2. The third-order valence-electron chi connectivity index (χ3n) is 6.16. The van der Waals surface area contributed by atoms with Crippen LogP contribution in [0.15, 0.2) is 59.5 Å². The van der Waals surface area contributed by atoms with E-state index in [0.717, 1.165) is 16.0 Å². The van der Waals surface area contributed by atoms with Gasteiger partial charge < -0.3 is 4.90 Å². The zero-order valence-corrected chi connectivity index (χ0v) is 19.4. The van der Waals surface area contributed by atoms with Gasteiger partial charge in [-0.3, -0.25) is 9.69 Å². The van der Waals surface area contributed by atoms with Gasteiger partial charge in [0.1, 0.15) is 0 Å². The molecule has 2 aliphatic heterocycles. The van der Waals surface area contributed by atoms with Gasteiger partial charge >= 0.3 is 12.1 Å². The van der Waals surface area contributed by atoms with Crippen LogP contribution in [0.25, 0.3) is 6.08 Å². The number of amides is 1. The lowest BCUT2D eigenvalue weighted by Gasteiger charge is -2.34. The number of alkyl halides is 3. The average molecular weight is 494 g/mol. The number of benzene rings is 2. The summed E-state index contributed by atoms with van der Waals surface area (Å²) in [5.74, 6) is -1.90. The number of halogens is 3. The smallest absolute Gasteiger partial charge is 0.330 e. The zero-order chi connectivity index (χ0) is 24.3. The molecule has 0 aromatic heterocycles. The van der Waals surface area contributed by atoms with E-state index >= 15 is 0 Å². The Kier molecular flexibility index (Phi) is 7.11. The molecule has 2 aromatic carbocycles. The fourth-order valence-electron chi connectivity index (χ4n) is 4.25. The van der Waals surface area contributed by atoms with E-state index in [0.29, 0.717) is 38.3 Å². The Morgan fingerprint density at radius 2 is 1.65 bits per heavy atom. The van der Waals surface area contributed by atoms with Gasteiger partial charge in [-0.1, -0.05) is 48.6 Å². The summed E-state index contributed by atoms with van der Waals surface area (Å²) >= 11 is 0. The molecule has 0 radical (unpaired) electrons. The molecule has 0 unspecified atom stereocenters. The van der Waals surface area contributed by atoms with Crippen LogP contribution in [0.2, 0.25) is 0 Å². The van der Waals surface area contributed by atoms with Gasteiger partial charge in [0.05, 0.1) is 4.90 Å². The normalized spacial score (nSPS) is 18.3. The van der Waals surface area contributed by atoms with Crippen molar-refractivity contribution < 1.29 is 26.4 Å². The number of hydrogen-bond acceptors (Lipinski definition) is 4. The van der Waals surface area contributed by atoms with Crippen LogP contribution in [0.5, 0.6) is 0 Å². The van der Waals surface area contributed by atoms with Crippen LogP contribution in [0.1, 0.15) is 16.7 Å². The second kappa shape index (κ2) is 9.89. The second-order valence-electron chi connectivity index (χ2n) is 8.42. The number of nitrogens with zero attached hydrogens (tertiary/aromatic N) is 3. The van der Waals surface area contributed by atoms with Crippen LogP contribution >= 0.6 is 0 Å². The lowest BCUT2D eigenvalue weighted by atomic mass is 10.00. The highest BCUT2D eigenvalue weighted by Crippen LogP contribution is 2.28. The van der Waals surface area contributed by atoms with E-state index in [1.807, 2.05) is 36.4 Å². The lowest BCUT2D eigenvalue weighted by molar-refractivity contribution is -0.186. The molecule has 6 nitrogen and oxygen atoms in total. The standard InChI is InChI=1S/C24H26F3N3O3S/c25-24(26,27)23(31)29-12-10-20-8-9-22(17-21(20)18-29)34(32,33)30-15-13-28(14-16-30)11-4-7-19-5-2-1-3-6-19/h1-9,17H,10-16,18H2/b7-4-. The van der Waals surface area contributed by atoms with Crippen molar-refractivity contribution in [1.82, 2.24) is 14.1 Å². The predicted molar refractivity (Wildman–Crippen MR) is 122 cm³/mol. The average Bonchev–Trinajstić information content (AvgIpc) is 2.83. The van der Waals surface area contributed by atoms with E-state index in [4.69, 9.17) is 0 Å². The van der Waals surface area contributed by atoms with Gasteiger partial charge in [-0.05, 0) is 35.2 Å². The van der Waals surface area contributed by atoms with Crippen molar-refractivity contribution in [3.63, 3.8) is 0 Å². The van der Waals surface area contributed by atoms with E-state index in [2.05, 4.69) is 11.0 Å². The molecule has 0 aliphatic carbocycles. The van der Waals surface area contributed by atoms with Crippen LogP contribution in [0.4, 0.5) is 13.2 Å². The maximum absolute atomic E-state index is 13.2. The highest BCUT2D eigenvalue weighted by molar-refractivity contribution is 7.89. The maximum atomic E-state index is 13.2. The number of sulfonamides is 1. The van der Waals surface area contributed by atoms with Crippen molar-refractivity contribution in [3.8, 4) is 0 Å². The molecular weight excluding hydrogens is 467 g/mol. The first kappa shape index (κ1) is 24.4. The summed E-state index contributed by atoms with van der Waals surface area (Å²) in [7, 11) is -3.79. The zero-order valence-electron chi connectivity index (χ0n) is 18.5. The number of piperazine rings is 1. The van der Waals surface area contributed by atoms with Crippen molar-refractivity contribution in [2.24, 2.45) is 0 Å². The number of rotatable bonds is 5. The van der Waals surface area contributed by atoms with Crippen LogP contribution in [-0.4, -0.2) is 73.9 Å². The molecule has 182 valence electrons. The summed E-state index contributed by atoms with van der Waals surface area (Å²) in [5, 5.41) is 0. The molecule has 1 saturated heterocycles. The van der Waals surface area contributed by atoms with Gasteiger partial charge in [-0.15, -0.1) is 0 Å². The quantitative estimate of drug-likeness (QED) is 0.642. The van der Waals surface area contributed by atoms with Gasteiger partial charge in [0.25, 0.3) is 0 Å². The minimum absolute atomic E-state index is 0.0435. The lowest BCUT2D eigenvalue weighted by Crippen LogP contribution is -2.48. The first-order valence-corrected chi connectivity index (χ1v) is 12.5. The van der Waals surface area contributed by atoms with E-state index in [1.165, 1.54) is 16.4 Å². The molecule has 0 bridgehead atoms. The van der Waals surface area contributed by atoms with Crippen molar-refractivity contribution in [2.45, 2.75) is 24.0 Å². The molecule has 2 heterocycles. The number of hydrogen-bond donors (Lipinski definition) is 0. The van der Waals surface area contributed by atoms with E-state index in [-0.39, 0.29) is 24.4 Å². The van der Waals surface area contributed by atoms with E-state index < -0.39 is 22.1 Å². The molecule has 2 aliphatic rings. The van der Waals surface area contributed by atoms with Crippen molar-refractivity contribution in [1.29, 1.82) is 0 Å². The minimum Gasteiger partial charge on any atom is -0.330 e. The van der Waals surface area contributed by atoms with E-state index in [9.17, 15) is 26.4 Å². The molecule has 4 rings (SSSR count). The number of carbonyl (C=O) groups is 1. The highest BCUT2D eigenvalue weighted by Gasteiger charge is 2.43. The molecule has 1 fully saturated rings. The molecule has 10 heteroatoms. The predicted octanol–water partition coefficient (Wildman–Crippen LogP) is 3.15. The van der Waals surface area contributed by atoms with Gasteiger partial charge in [0, 0.05) is 45.8 Å². The fraction of sp³-hybridized carbons (Fsp3) is 0.375. The minimum atomic E-state index is -4.95. The first-order chi connectivity index (χ1) is 16.1. The summed E-state index contributed by atoms with van der Waals surface area (Å²) in [6.07, 6.45) is -0.607. The maximum Gasteiger partial charge on any atom is 0.471 e.